The van der Waals surface area contributed by atoms with Gasteiger partial charge in [-0.05, 0) is 49.8 Å². The second-order valence-electron chi connectivity index (χ2n) is 6.27. The lowest BCUT2D eigenvalue weighted by Gasteiger charge is -2.31. The van der Waals surface area contributed by atoms with Crippen molar-refractivity contribution in [2.75, 3.05) is 32.8 Å². The number of rotatable bonds is 7. The van der Waals surface area contributed by atoms with E-state index in [0.29, 0.717) is 18.9 Å². The number of aliphatic hydroxyl groups excluding tert-OH is 1. The summed E-state index contributed by atoms with van der Waals surface area (Å²) in [6.07, 6.45) is 3.61. The van der Waals surface area contributed by atoms with Crippen molar-refractivity contribution in [2.45, 2.75) is 32.6 Å². The molecule has 1 fully saturated rings. The molecule has 122 valence electrons. The van der Waals surface area contributed by atoms with E-state index in [2.05, 4.69) is 29.3 Å². The number of nitrogens with zero attached hydrogens (tertiary/aromatic N) is 1. The predicted molar refractivity (Wildman–Crippen MR) is 88.8 cm³/mol. The first-order chi connectivity index (χ1) is 10.7. The van der Waals surface area contributed by atoms with E-state index >= 15 is 0 Å². The van der Waals surface area contributed by atoms with Crippen molar-refractivity contribution >= 4 is 5.91 Å². The summed E-state index contributed by atoms with van der Waals surface area (Å²) in [6.45, 7) is 5.98. The summed E-state index contributed by atoms with van der Waals surface area (Å²) in [6, 6.07) is 8.22. The lowest BCUT2D eigenvalue weighted by atomic mass is 9.99. The van der Waals surface area contributed by atoms with Crippen LogP contribution in [0.15, 0.2) is 24.3 Å². The van der Waals surface area contributed by atoms with E-state index in [1.54, 1.807) is 0 Å². The van der Waals surface area contributed by atoms with Gasteiger partial charge in [0.05, 0.1) is 0 Å². The van der Waals surface area contributed by atoms with Crippen LogP contribution in [0.4, 0.5) is 0 Å². The standard InChI is InChI=1S/C18H28N2O2/c1-15-5-2-3-7-17(15)8-9-18(22)19-10-12-20-11-4-6-16(13-20)14-21/h2-3,5,7,16,21H,4,6,8-14H2,1H3,(H,19,22). The molecule has 1 aromatic carbocycles. The fraction of sp³-hybridized carbons (Fsp3) is 0.611. The molecule has 1 aromatic rings. The first kappa shape index (κ1) is 17.0. The highest BCUT2D eigenvalue weighted by atomic mass is 16.3. The lowest BCUT2D eigenvalue weighted by molar-refractivity contribution is -0.121. The quantitative estimate of drug-likeness (QED) is 0.807. The molecule has 22 heavy (non-hydrogen) atoms. The van der Waals surface area contributed by atoms with Crippen LogP contribution in [0.25, 0.3) is 0 Å². The molecule has 1 amide bonds. The summed E-state index contributed by atoms with van der Waals surface area (Å²) >= 11 is 0. The highest BCUT2D eigenvalue weighted by Gasteiger charge is 2.18. The van der Waals surface area contributed by atoms with E-state index in [1.807, 2.05) is 12.1 Å². The molecule has 0 aromatic heterocycles. The number of carbonyl (C=O) groups is 1. The minimum atomic E-state index is 0.124. The maximum atomic E-state index is 11.9. The SMILES string of the molecule is Cc1ccccc1CCC(=O)NCCN1CCCC(CO)C1. The Morgan fingerprint density at radius 2 is 2.23 bits per heavy atom. The summed E-state index contributed by atoms with van der Waals surface area (Å²) in [7, 11) is 0. The van der Waals surface area contributed by atoms with E-state index in [4.69, 9.17) is 0 Å². The third-order valence-corrected chi connectivity index (χ3v) is 4.49. The van der Waals surface area contributed by atoms with Gasteiger partial charge in [-0.15, -0.1) is 0 Å². The number of hydrogen-bond donors (Lipinski definition) is 2. The van der Waals surface area contributed by atoms with Gasteiger partial charge >= 0.3 is 0 Å². The van der Waals surface area contributed by atoms with Crippen LogP contribution in [-0.4, -0.2) is 48.7 Å². The zero-order chi connectivity index (χ0) is 15.8. The maximum Gasteiger partial charge on any atom is 0.220 e. The van der Waals surface area contributed by atoms with Gasteiger partial charge < -0.3 is 15.3 Å². The number of amides is 1. The molecule has 1 aliphatic heterocycles. The van der Waals surface area contributed by atoms with Crippen molar-refractivity contribution in [3.8, 4) is 0 Å². The van der Waals surface area contributed by atoms with Crippen molar-refractivity contribution in [3.05, 3.63) is 35.4 Å². The van der Waals surface area contributed by atoms with Crippen molar-refractivity contribution in [1.29, 1.82) is 0 Å². The van der Waals surface area contributed by atoms with Gasteiger partial charge in [-0.25, -0.2) is 0 Å². The Labute approximate surface area is 133 Å². The van der Waals surface area contributed by atoms with Gasteiger partial charge in [0.25, 0.3) is 0 Å². The Kier molecular flexibility index (Phi) is 6.87. The third kappa shape index (κ3) is 5.43. The molecule has 0 saturated carbocycles. The predicted octanol–water partition coefficient (Wildman–Crippen LogP) is 1.75. The van der Waals surface area contributed by atoms with Crippen LogP contribution in [-0.2, 0) is 11.2 Å². The van der Waals surface area contributed by atoms with E-state index in [-0.39, 0.29) is 12.5 Å². The molecule has 0 aliphatic carbocycles. The first-order valence-corrected chi connectivity index (χ1v) is 8.33. The van der Waals surface area contributed by atoms with Gasteiger partial charge in [0.15, 0.2) is 0 Å². The fourth-order valence-corrected chi connectivity index (χ4v) is 3.08. The number of likely N-dealkylation sites (tertiary alicyclic amines) is 1. The van der Waals surface area contributed by atoms with Crippen molar-refractivity contribution in [1.82, 2.24) is 10.2 Å². The van der Waals surface area contributed by atoms with Gasteiger partial charge in [-0.2, -0.15) is 0 Å². The number of piperidine rings is 1. The minimum Gasteiger partial charge on any atom is -0.396 e. The number of hydrogen-bond acceptors (Lipinski definition) is 3. The Morgan fingerprint density at radius 1 is 1.41 bits per heavy atom. The van der Waals surface area contributed by atoms with E-state index in [0.717, 1.165) is 38.9 Å². The van der Waals surface area contributed by atoms with Crippen LogP contribution >= 0.6 is 0 Å². The van der Waals surface area contributed by atoms with Crippen LogP contribution in [0.2, 0.25) is 0 Å². The summed E-state index contributed by atoms with van der Waals surface area (Å²) < 4.78 is 0. The molecular weight excluding hydrogens is 276 g/mol. The number of carbonyl (C=O) groups excluding carboxylic acids is 1. The molecule has 1 atom stereocenters. The van der Waals surface area contributed by atoms with Crippen LogP contribution in [0.1, 0.15) is 30.4 Å². The van der Waals surface area contributed by atoms with Gasteiger partial charge in [0, 0.05) is 32.7 Å². The summed E-state index contributed by atoms with van der Waals surface area (Å²) in [5.74, 6) is 0.532. The third-order valence-electron chi connectivity index (χ3n) is 4.49. The molecule has 2 rings (SSSR count). The van der Waals surface area contributed by atoms with Crippen molar-refractivity contribution in [3.63, 3.8) is 0 Å². The Hall–Kier alpha value is -1.39. The normalized spacial score (nSPS) is 19.1. The zero-order valence-corrected chi connectivity index (χ0v) is 13.6. The Bertz CT molecular complexity index is 476. The second kappa shape index (κ2) is 8.91. The summed E-state index contributed by atoms with van der Waals surface area (Å²) in [4.78, 5) is 14.3. The zero-order valence-electron chi connectivity index (χ0n) is 13.6. The highest BCUT2D eigenvalue weighted by molar-refractivity contribution is 5.76. The van der Waals surface area contributed by atoms with Crippen molar-refractivity contribution in [2.24, 2.45) is 5.92 Å². The summed E-state index contributed by atoms with van der Waals surface area (Å²) in [5.41, 5.74) is 2.50. The fourth-order valence-electron chi connectivity index (χ4n) is 3.08. The molecule has 0 radical (unpaired) electrons. The van der Waals surface area contributed by atoms with Gasteiger partial charge in [-0.3, -0.25) is 4.79 Å². The number of nitrogens with one attached hydrogen (secondary N) is 1. The molecule has 1 saturated heterocycles. The smallest absolute Gasteiger partial charge is 0.220 e. The topological polar surface area (TPSA) is 52.6 Å². The van der Waals surface area contributed by atoms with E-state index in [9.17, 15) is 9.90 Å². The number of aryl methyl sites for hydroxylation is 2. The van der Waals surface area contributed by atoms with Gasteiger partial charge in [0.1, 0.15) is 0 Å². The average molecular weight is 304 g/mol. The molecule has 1 heterocycles. The van der Waals surface area contributed by atoms with Crippen LogP contribution in [0.3, 0.4) is 0 Å². The largest absolute Gasteiger partial charge is 0.396 e. The molecule has 1 unspecified atom stereocenters. The van der Waals surface area contributed by atoms with Gasteiger partial charge in [0.2, 0.25) is 5.91 Å². The average Bonchev–Trinajstić information content (AvgIpc) is 2.54. The van der Waals surface area contributed by atoms with E-state index in [1.165, 1.54) is 11.1 Å². The van der Waals surface area contributed by atoms with E-state index < -0.39 is 0 Å². The van der Waals surface area contributed by atoms with Crippen molar-refractivity contribution < 1.29 is 9.90 Å². The van der Waals surface area contributed by atoms with Crippen LogP contribution in [0.5, 0.6) is 0 Å². The molecule has 1 aliphatic rings. The summed E-state index contributed by atoms with van der Waals surface area (Å²) in [5, 5.41) is 12.2. The second-order valence-corrected chi connectivity index (χ2v) is 6.27. The minimum absolute atomic E-state index is 0.124. The molecule has 4 nitrogen and oxygen atoms in total. The maximum absolute atomic E-state index is 11.9. The first-order valence-electron chi connectivity index (χ1n) is 8.33. The van der Waals surface area contributed by atoms with Gasteiger partial charge in [-0.1, -0.05) is 24.3 Å². The lowest BCUT2D eigenvalue weighted by Crippen LogP contribution is -2.41. The van der Waals surface area contributed by atoms with Crippen LogP contribution in [0, 0.1) is 12.8 Å². The Morgan fingerprint density at radius 3 is 3.00 bits per heavy atom. The monoisotopic (exact) mass is 304 g/mol. The number of benzene rings is 1. The molecule has 0 spiro atoms. The molecule has 4 heteroatoms. The number of aliphatic hydroxyl groups is 1. The molecule has 2 N–H and O–H groups in total. The molecule has 0 bridgehead atoms. The Balaban J connectivity index is 1.63. The van der Waals surface area contributed by atoms with Crippen LogP contribution < -0.4 is 5.32 Å². The highest BCUT2D eigenvalue weighted by Crippen LogP contribution is 2.15. The molecular formula is C18H28N2O2.